The van der Waals surface area contributed by atoms with Gasteiger partial charge in [-0.05, 0) is 13.0 Å². The molecule has 1 aromatic carbocycles. The maximum atomic E-state index is 12.0. The molecular formula is C16H14N6O2S. The molecule has 3 aromatic heterocycles. The van der Waals surface area contributed by atoms with Gasteiger partial charge in [-0.15, -0.1) is 10.2 Å². The standard InChI is InChI=1S/C16H14N6O2S/c1-9-7-12(21-24-9)17-13(23)8-25-16-18-15-14(19-20-16)10-5-3-4-6-11(10)22(15)2/h3-7H,8H2,1-2H3,(H,17,21,23). The SMILES string of the molecule is Cc1cc(NC(=O)CSc2nnc3c4ccccc4n(C)c3n2)no1. The lowest BCUT2D eigenvalue weighted by atomic mass is 10.2. The van der Waals surface area contributed by atoms with E-state index in [0.717, 1.165) is 22.1 Å². The summed E-state index contributed by atoms with van der Waals surface area (Å²) in [4.78, 5) is 16.5. The van der Waals surface area contributed by atoms with Crippen molar-refractivity contribution in [3.8, 4) is 0 Å². The number of hydrogen-bond acceptors (Lipinski definition) is 7. The van der Waals surface area contributed by atoms with E-state index in [4.69, 9.17) is 4.52 Å². The molecule has 3 heterocycles. The van der Waals surface area contributed by atoms with Gasteiger partial charge in [0.05, 0.1) is 11.3 Å². The molecule has 9 heteroatoms. The second kappa shape index (κ2) is 6.17. The van der Waals surface area contributed by atoms with E-state index in [2.05, 4.69) is 25.7 Å². The van der Waals surface area contributed by atoms with E-state index in [1.54, 1.807) is 13.0 Å². The van der Waals surface area contributed by atoms with Crippen LogP contribution in [0.4, 0.5) is 5.82 Å². The smallest absolute Gasteiger partial charge is 0.236 e. The van der Waals surface area contributed by atoms with Gasteiger partial charge >= 0.3 is 0 Å². The van der Waals surface area contributed by atoms with Gasteiger partial charge < -0.3 is 14.4 Å². The van der Waals surface area contributed by atoms with Gasteiger partial charge in [-0.2, -0.15) is 0 Å². The summed E-state index contributed by atoms with van der Waals surface area (Å²) in [5.74, 6) is 0.977. The highest BCUT2D eigenvalue weighted by Crippen LogP contribution is 2.25. The van der Waals surface area contributed by atoms with Gasteiger partial charge in [0.15, 0.2) is 11.5 Å². The minimum Gasteiger partial charge on any atom is -0.360 e. The average Bonchev–Trinajstić information content (AvgIpc) is 3.15. The highest BCUT2D eigenvalue weighted by atomic mass is 32.2. The number of aromatic nitrogens is 5. The molecule has 0 fully saturated rings. The molecule has 0 aliphatic rings. The molecule has 25 heavy (non-hydrogen) atoms. The fourth-order valence-electron chi connectivity index (χ4n) is 2.59. The molecule has 0 saturated heterocycles. The Morgan fingerprint density at radius 1 is 1.32 bits per heavy atom. The number of nitrogens with one attached hydrogen (secondary N) is 1. The molecule has 4 aromatic rings. The van der Waals surface area contributed by atoms with Crippen LogP contribution in [0.3, 0.4) is 0 Å². The number of thioether (sulfide) groups is 1. The van der Waals surface area contributed by atoms with E-state index in [1.165, 1.54) is 11.8 Å². The summed E-state index contributed by atoms with van der Waals surface area (Å²) >= 11 is 1.22. The van der Waals surface area contributed by atoms with E-state index in [1.807, 2.05) is 35.9 Å². The number of rotatable bonds is 4. The third-order valence-corrected chi connectivity index (χ3v) is 4.55. The Morgan fingerprint density at radius 2 is 2.16 bits per heavy atom. The van der Waals surface area contributed by atoms with Gasteiger partial charge in [-0.25, -0.2) is 4.98 Å². The van der Waals surface area contributed by atoms with Crippen molar-refractivity contribution in [2.45, 2.75) is 12.1 Å². The van der Waals surface area contributed by atoms with Crippen molar-refractivity contribution in [2.24, 2.45) is 7.05 Å². The van der Waals surface area contributed by atoms with Crippen LogP contribution in [0.25, 0.3) is 22.1 Å². The summed E-state index contributed by atoms with van der Waals surface area (Å²) in [6.45, 7) is 1.76. The minimum atomic E-state index is -0.209. The number of nitrogens with zero attached hydrogens (tertiary/aromatic N) is 5. The van der Waals surface area contributed by atoms with Crippen LogP contribution in [0.15, 0.2) is 40.0 Å². The quantitative estimate of drug-likeness (QED) is 0.562. The van der Waals surface area contributed by atoms with Crippen LogP contribution in [0, 0.1) is 6.92 Å². The van der Waals surface area contributed by atoms with Gasteiger partial charge in [0.1, 0.15) is 11.3 Å². The first-order valence-electron chi connectivity index (χ1n) is 7.55. The third kappa shape index (κ3) is 2.93. The van der Waals surface area contributed by atoms with E-state index in [0.29, 0.717) is 16.7 Å². The zero-order valence-corrected chi connectivity index (χ0v) is 14.4. The molecule has 1 amide bonds. The normalized spacial score (nSPS) is 11.3. The van der Waals surface area contributed by atoms with E-state index >= 15 is 0 Å². The van der Waals surface area contributed by atoms with Crippen LogP contribution in [-0.4, -0.2) is 36.6 Å². The largest absolute Gasteiger partial charge is 0.360 e. The summed E-state index contributed by atoms with van der Waals surface area (Å²) in [5, 5.41) is 16.3. The van der Waals surface area contributed by atoms with E-state index in [-0.39, 0.29) is 11.7 Å². The number of carbonyl (C=O) groups is 1. The zero-order chi connectivity index (χ0) is 17.4. The maximum absolute atomic E-state index is 12.0. The fraction of sp³-hybridized carbons (Fsp3) is 0.188. The molecule has 0 radical (unpaired) electrons. The zero-order valence-electron chi connectivity index (χ0n) is 13.6. The number of aryl methyl sites for hydroxylation is 2. The number of carbonyl (C=O) groups excluding carboxylic acids is 1. The second-order valence-corrected chi connectivity index (χ2v) is 6.44. The first kappa shape index (κ1) is 15.6. The monoisotopic (exact) mass is 354 g/mol. The molecule has 0 bridgehead atoms. The number of benzene rings is 1. The Labute approximate surface area is 146 Å². The molecule has 0 unspecified atom stereocenters. The highest BCUT2D eigenvalue weighted by Gasteiger charge is 2.13. The number of fused-ring (bicyclic) bond motifs is 3. The topological polar surface area (TPSA) is 98.7 Å². The molecular weight excluding hydrogens is 340 g/mol. The summed E-state index contributed by atoms with van der Waals surface area (Å²) in [5.41, 5.74) is 2.54. The first-order chi connectivity index (χ1) is 12.1. The number of anilines is 1. The van der Waals surface area contributed by atoms with Crippen molar-refractivity contribution in [2.75, 3.05) is 11.1 Å². The molecule has 0 atom stereocenters. The Bertz CT molecular complexity index is 1090. The van der Waals surface area contributed by atoms with E-state index < -0.39 is 0 Å². The van der Waals surface area contributed by atoms with Crippen molar-refractivity contribution < 1.29 is 9.32 Å². The van der Waals surface area contributed by atoms with Crippen molar-refractivity contribution in [3.05, 3.63) is 36.1 Å². The van der Waals surface area contributed by atoms with Gasteiger partial charge in [0.25, 0.3) is 0 Å². The van der Waals surface area contributed by atoms with Crippen LogP contribution >= 0.6 is 11.8 Å². The molecule has 0 aliphatic heterocycles. The molecule has 8 nitrogen and oxygen atoms in total. The average molecular weight is 354 g/mol. The first-order valence-corrected chi connectivity index (χ1v) is 8.54. The summed E-state index contributed by atoms with van der Waals surface area (Å²) in [6, 6.07) is 9.59. The Kier molecular flexibility index (Phi) is 3.85. The Morgan fingerprint density at radius 3 is 2.96 bits per heavy atom. The molecule has 1 N–H and O–H groups in total. The van der Waals surface area contributed by atoms with Gasteiger partial charge in [-0.1, -0.05) is 35.1 Å². The predicted molar refractivity (Wildman–Crippen MR) is 94.4 cm³/mol. The summed E-state index contributed by atoms with van der Waals surface area (Å²) in [6.07, 6.45) is 0. The maximum Gasteiger partial charge on any atom is 0.236 e. The van der Waals surface area contributed by atoms with Gasteiger partial charge in [0.2, 0.25) is 11.1 Å². The molecule has 0 saturated carbocycles. The third-order valence-electron chi connectivity index (χ3n) is 3.71. The van der Waals surface area contributed by atoms with Gasteiger partial charge in [-0.3, -0.25) is 4.79 Å². The molecule has 0 aliphatic carbocycles. The number of para-hydroxylation sites is 1. The summed E-state index contributed by atoms with van der Waals surface area (Å²) < 4.78 is 6.88. The van der Waals surface area contributed by atoms with Gasteiger partial charge in [0, 0.05) is 18.5 Å². The number of hydrogen-bond donors (Lipinski definition) is 1. The van der Waals surface area contributed by atoms with Crippen LogP contribution in [0.5, 0.6) is 0 Å². The van der Waals surface area contributed by atoms with Crippen molar-refractivity contribution in [3.63, 3.8) is 0 Å². The van der Waals surface area contributed by atoms with Crippen LogP contribution in [0.2, 0.25) is 0 Å². The molecule has 4 rings (SSSR count). The number of amides is 1. The second-order valence-electron chi connectivity index (χ2n) is 5.50. The molecule has 126 valence electrons. The van der Waals surface area contributed by atoms with Crippen molar-refractivity contribution in [1.29, 1.82) is 0 Å². The van der Waals surface area contributed by atoms with Crippen molar-refractivity contribution in [1.82, 2.24) is 24.9 Å². The lowest BCUT2D eigenvalue weighted by Crippen LogP contribution is -2.14. The Balaban J connectivity index is 1.53. The van der Waals surface area contributed by atoms with Crippen LogP contribution in [-0.2, 0) is 11.8 Å². The Hall–Kier alpha value is -2.94. The lowest BCUT2D eigenvalue weighted by molar-refractivity contribution is -0.113. The predicted octanol–water partition coefficient (Wildman–Crippen LogP) is 2.54. The minimum absolute atomic E-state index is 0.156. The van der Waals surface area contributed by atoms with Crippen LogP contribution < -0.4 is 5.32 Å². The summed E-state index contributed by atoms with van der Waals surface area (Å²) in [7, 11) is 1.94. The lowest BCUT2D eigenvalue weighted by Gasteiger charge is -2.01. The van der Waals surface area contributed by atoms with E-state index in [9.17, 15) is 4.79 Å². The van der Waals surface area contributed by atoms with Crippen molar-refractivity contribution >= 4 is 45.6 Å². The highest BCUT2D eigenvalue weighted by molar-refractivity contribution is 7.99. The van der Waals surface area contributed by atoms with Crippen LogP contribution in [0.1, 0.15) is 5.76 Å². The fourth-order valence-corrected chi connectivity index (χ4v) is 3.17. The molecule has 0 spiro atoms.